The highest BCUT2D eigenvalue weighted by Crippen LogP contribution is 2.33. The average molecular weight is 333 g/mol. The maximum absolute atomic E-state index is 13.1. The van der Waals surface area contributed by atoms with E-state index in [4.69, 9.17) is 15.2 Å². The molecule has 1 aromatic rings. The van der Waals surface area contributed by atoms with Gasteiger partial charge in [0.1, 0.15) is 0 Å². The summed E-state index contributed by atoms with van der Waals surface area (Å²) >= 11 is 0. The molecule has 1 aromatic carbocycles. The van der Waals surface area contributed by atoms with Gasteiger partial charge < -0.3 is 20.1 Å². The van der Waals surface area contributed by atoms with Crippen LogP contribution in [-0.4, -0.2) is 68.2 Å². The molecule has 0 unspecified atom stereocenters. The van der Waals surface area contributed by atoms with E-state index in [0.717, 1.165) is 26.1 Å². The molecule has 0 radical (unpaired) electrons. The van der Waals surface area contributed by atoms with Crippen molar-refractivity contribution in [3.63, 3.8) is 0 Å². The molecule has 2 saturated heterocycles. The molecule has 6 nitrogen and oxygen atoms in total. The number of benzene rings is 1. The first kappa shape index (κ1) is 17.0. The maximum Gasteiger partial charge on any atom is 0.257 e. The number of para-hydroxylation sites is 1. The molecule has 2 aliphatic heterocycles. The zero-order valence-electron chi connectivity index (χ0n) is 14.4. The van der Waals surface area contributed by atoms with Crippen molar-refractivity contribution in [2.75, 3.05) is 46.4 Å². The summed E-state index contributed by atoms with van der Waals surface area (Å²) in [4.78, 5) is 17.5. The molecule has 1 atom stereocenters. The van der Waals surface area contributed by atoms with Crippen LogP contribution in [0.1, 0.15) is 29.6 Å². The van der Waals surface area contributed by atoms with Gasteiger partial charge in [0, 0.05) is 25.7 Å². The second kappa shape index (κ2) is 7.85. The Kier molecular flexibility index (Phi) is 5.58. The summed E-state index contributed by atoms with van der Waals surface area (Å²) in [6.07, 6.45) is 3.16. The third kappa shape index (κ3) is 3.49. The molecule has 2 N–H and O–H groups in total. The number of methoxy groups -OCH3 is 1. The zero-order valence-corrected chi connectivity index (χ0v) is 14.4. The van der Waals surface area contributed by atoms with Gasteiger partial charge in [-0.2, -0.15) is 0 Å². The van der Waals surface area contributed by atoms with E-state index in [1.54, 1.807) is 7.11 Å². The third-order valence-electron chi connectivity index (χ3n) is 4.90. The summed E-state index contributed by atoms with van der Waals surface area (Å²) in [5.41, 5.74) is 6.12. The van der Waals surface area contributed by atoms with Gasteiger partial charge in [0.15, 0.2) is 11.5 Å². The molecular formula is C18H27N3O3. The van der Waals surface area contributed by atoms with Crippen molar-refractivity contribution in [3.05, 3.63) is 23.8 Å². The molecule has 3 rings (SSSR count). The summed E-state index contributed by atoms with van der Waals surface area (Å²) in [5.74, 6) is 1.16. The van der Waals surface area contributed by atoms with Crippen molar-refractivity contribution in [3.8, 4) is 11.5 Å². The summed E-state index contributed by atoms with van der Waals surface area (Å²) in [6.45, 7) is 4.74. The number of carbonyl (C=O) groups excluding carboxylic acids is 1. The van der Waals surface area contributed by atoms with E-state index >= 15 is 0 Å². The van der Waals surface area contributed by atoms with E-state index in [9.17, 15) is 4.79 Å². The number of hydrogen-bond acceptors (Lipinski definition) is 5. The van der Waals surface area contributed by atoms with Crippen LogP contribution in [0.2, 0.25) is 0 Å². The van der Waals surface area contributed by atoms with Gasteiger partial charge >= 0.3 is 0 Å². The van der Waals surface area contributed by atoms with Gasteiger partial charge in [0.05, 0.1) is 19.3 Å². The van der Waals surface area contributed by atoms with Crippen LogP contribution >= 0.6 is 0 Å². The van der Waals surface area contributed by atoms with Crippen LogP contribution in [0, 0.1) is 0 Å². The monoisotopic (exact) mass is 333 g/mol. The van der Waals surface area contributed by atoms with E-state index in [1.165, 1.54) is 19.4 Å². The second-order valence-electron chi connectivity index (χ2n) is 6.41. The lowest BCUT2D eigenvalue weighted by Crippen LogP contribution is -2.52. The molecule has 24 heavy (non-hydrogen) atoms. The summed E-state index contributed by atoms with van der Waals surface area (Å²) in [6, 6.07) is 6.00. The molecule has 0 aromatic heterocycles. The van der Waals surface area contributed by atoms with Crippen LogP contribution in [0.4, 0.5) is 0 Å². The number of fused-ring (bicyclic) bond motifs is 1. The SMILES string of the molecule is COc1cccc(C(=O)N2CCN3CCC[C@@H]3C2)c1OCCCN. The zero-order chi connectivity index (χ0) is 16.9. The Morgan fingerprint density at radius 2 is 2.21 bits per heavy atom. The van der Waals surface area contributed by atoms with Crippen molar-refractivity contribution in [2.24, 2.45) is 5.73 Å². The predicted octanol–water partition coefficient (Wildman–Crippen LogP) is 1.34. The Hall–Kier alpha value is -1.79. The van der Waals surface area contributed by atoms with E-state index in [0.29, 0.717) is 36.3 Å². The lowest BCUT2D eigenvalue weighted by Gasteiger charge is -2.37. The summed E-state index contributed by atoms with van der Waals surface area (Å²) in [7, 11) is 1.59. The van der Waals surface area contributed by atoms with Crippen molar-refractivity contribution in [1.29, 1.82) is 0 Å². The van der Waals surface area contributed by atoms with Crippen LogP contribution in [0.15, 0.2) is 18.2 Å². The van der Waals surface area contributed by atoms with Gasteiger partial charge in [-0.25, -0.2) is 0 Å². The van der Waals surface area contributed by atoms with Gasteiger partial charge in [0.2, 0.25) is 0 Å². The van der Waals surface area contributed by atoms with Crippen LogP contribution < -0.4 is 15.2 Å². The van der Waals surface area contributed by atoms with E-state index < -0.39 is 0 Å². The number of carbonyl (C=O) groups is 1. The highest BCUT2D eigenvalue weighted by molar-refractivity contribution is 5.98. The van der Waals surface area contributed by atoms with Gasteiger partial charge in [-0.05, 0) is 44.5 Å². The Bertz CT molecular complexity index is 579. The summed E-state index contributed by atoms with van der Waals surface area (Å²) in [5, 5.41) is 0. The number of nitrogens with two attached hydrogens (primary N) is 1. The smallest absolute Gasteiger partial charge is 0.257 e. The molecular weight excluding hydrogens is 306 g/mol. The Labute approximate surface area is 143 Å². The van der Waals surface area contributed by atoms with Gasteiger partial charge in [-0.15, -0.1) is 0 Å². The normalized spacial score (nSPS) is 20.8. The first-order valence-corrected chi connectivity index (χ1v) is 8.77. The topological polar surface area (TPSA) is 68.0 Å². The molecule has 0 bridgehead atoms. The number of nitrogens with zero attached hydrogens (tertiary/aromatic N) is 2. The standard InChI is InChI=1S/C18H27N3O3/c1-23-16-7-2-6-15(17(16)24-12-4-8-19)18(22)21-11-10-20-9-3-5-14(20)13-21/h2,6-7,14H,3-5,8-13,19H2,1H3/t14-/m1/s1. The van der Waals surface area contributed by atoms with E-state index in [-0.39, 0.29) is 5.91 Å². The largest absolute Gasteiger partial charge is 0.493 e. The molecule has 6 heteroatoms. The van der Waals surface area contributed by atoms with Crippen molar-refractivity contribution < 1.29 is 14.3 Å². The number of rotatable bonds is 6. The number of piperazine rings is 1. The van der Waals surface area contributed by atoms with Gasteiger partial charge in [-0.3, -0.25) is 9.69 Å². The fourth-order valence-electron chi connectivity index (χ4n) is 3.60. The maximum atomic E-state index is 13.1. The molecule has 132 valence electrons. The van der Waals surface area contributed by atoms with E-state index in [1.807, 2.05) is 23.1 Å². The van der Waals surface area contributed by atoms with Crippen molar-refractivity contribution in [2.45, 2.75) is 25.3 Å². The summed E-state index contributed by atoms with van der Waals surface area (Å²) < 4.78 is 11.2. The highest BCUT2D eigenvalue weighted by Gasteiger charge is 2.33. The van der Waals surface area contributed by atoms with Crippen LogP contribution in [0.5, 0.6) is 11.5 Å². The van der Waals surface area contributed by atoms with Crippen LogP contribution in [-0.2, 0) is 0 Å². The van der Waals surface area contributed by atoms with Gasteiger partial charge in [0.25, 0.3) is 5.91 Å². The minimum Gasteiger partial charge on any atom is -0.493 e. The van der Waals surface area contributed by atoms with Crippen LogP contribution in [0.25, 0.3) is 0 Å². The molecule has 2 heterocycles. The fraction of sp³-hybridized carbons (Fsp3) is 0.611. The van der Waals surface area contributed by atoms with Gasteiger partial charge in [-0.1, -0.05) is 6.07 Å². The van der Waals surface area contributed by atoms with Crippen molar-refractivity contribution in [1.82, 2.24) is 9.80 Å². The Balaban J connectivity index is 1.78. The lowest BCUT2D eigenvalue weighted by atomic mass is 10.1. The lowest BCUT2D eigenvalue weighted by molar-refractivity contribution is 0.0566. The minimum absolute atomic E-state index is 0.0307. The number of ether oxygens (including phenoxy) is 2. The first-order valence-electron chi connectivity index (χ1n) is 8.77. The van der Waals surface area contributed by atoms with Crippen LogP contribution in [0.3, 0.4) is 0 Å². The molecule has 2 aliphatic rings. The molecule has 1 amide bonds. The average Bonchev–Trinajstić information content (AvgIpc) is 3.09. The van der Waals surface area contributed by atoms with Crippen molar-refractivity contribution >= 4 is 5.91 Å². The quantitative estimate of drug-likeness (QED) is 0.796. The molecule has 0 saturated carbocycles. The Morgan fingerprint density at radius 1 is 1.33 bits per heavy atom. The second-order valence-corrected chi connectivity index (χ2v) is 6.41. The Morgan fingerprint density at radius 3 is 3.00 bits per heavy atom. The first-order chi connectivity index (χ1) is 11.7. The molecule has 0 spiro atoms. The number of hydrogen-bond donors (Lipinski definition) is 1. The predicted molar refractivity (Wildman–Crippen MR) is 92.7 cm³/mol. The number of amides is 1. The third-order valence-corrected chi connectivity index (χ3v) is 4.90. The molecule has 0 aliphatic carbocycles. The minimum atomic E-state index is 0.0307. The fourth-order valence-corrected chi connectivity index (χ4v) is 3.60. The molecule has 2 fully saturated rings. The highest BCUT2D eigenvalue weighted by atomic mass is 16.5. The van der Waals surface area contributed by atoms with E-state index in [2.05, 4.69) is 4.90 Å².